The first-order valence-corrected chi connectivity index (χ1v) is 53.6. The van der Waals surface area contributed by atoms with Crippen LogP contribution in [0, 0.1) is 29.6 Å². The molecule has 0 aliphatic rings. The lowest BCUT2D eigenvalue weighted by molar-refractivity contribution is -0.154. The molecule has 0 saturated carbocycles. The maximum Gasteiger partial charge on any atom is 0.309 e. The molecule has 0 amide bonds. The molecular formula is C93H173N5O20S5. The maximum absolute atomic E-state index is 13.5. The van der Waals surface area contributed by atoms with E-state index in [1.807, 2.05) is 39.5 Å². The van der Waals surface area contributed by atoms with E-state index in [1.54, 1.807) is 58.8 Å². The molecule has 0 radical (unpaired) electrons. The summed E-state index contributed by atoms with van der Waals surface area (Å²) in [6, 6.07) is 0. The van der Waals surface area contributed by atoms with Crippen molar-refractivity contribution in [1.82, 2.24) is 25.3 Å². The van der Waals surface area contributed by atoms with Gasteiger partial charge >= 0.3 is 59.7 Å². The minimum atomic E-state index is -0.515. The van der Waals surface area contributed by atoms with Crippen molar-refractivity contribution in [2.45, 2.75) is 294 Å². The second-order valence-electron chi connectivity index (χ2n) is 32.4. The van der Waals surface area contributed by atoms with Gasteiger partial charge in [0.15, 0.2) is 0 Å². The van der Waals surface area contributed by atoms with E-state index in [0.717, 1.165) is 60.9 Å². The van der Waals surface area contributed by atoms with Crippen LogP contribution in [0.2, 0.25) is 0 Å². The Morgan fingerprint density at radius 2 is 0.398 bits per heavy atom. The molecule has 0 rings (SSSR count). The van der Waals surface area contributed by atoms with Gasteiger partial charge in [-0.3, -0.25) is 47.9 Å². The van der Waals surface area contributed by atoms with Gasteiger partial charge in [0.2, 0.25) is 0 Å². The molecule has 0 aromatic heterocycles. The molecule has 2 N–H and O–H groups in total. The van der Waals surface area contributed by atoms with Gasteiger partial charge in [0, 0.05) is 114 Å². The van der Waals surface area contributed by atoms with Crippen molar-refractivity contribution in [3.63, 3.8) is 0 Å². The summed E-state index contributed by atoms with van der Waals surface area (Å²) in [5, 5.41) is 6.84. The SMILES string of the molecule is CCCCCCCCSCC(C)C(=O)OCCOC(=O)CCNCCN(CCNCCN(CCC(=O)OCCOC(=O)C(C)CSCCCCCCCC)CCN(CCC(=O)OCCOC(=O)C(C)CSCCCCCCCC)CCC(=O)OCCOC(=O)C(C)CSCCCCCCCC)CCC(=O)OCCOC(=O)C(C)CSCCCCCCCC. The van der Waals surface area contributed by atoms with Gasteiger partial charge in [-0.2, -0.15) is 58.8 Å². The van der Waals surface area contributed by atoms with Crippen LogP contribution in [-0.4, -0.2) is 283 Å². The molecule has 0 aromatic rings. The van der Waals surface area contributed by atoms with Gasteiger partial charge in [-0.1, -0.05) is 230 Å². The summed E-state index contributed by atoms with van der Waals surface area (Å²) < 4.78 is 55.0. The van der Waals surface area contributed by atoms with E-state index in [2.05, 4.69) is 55.1 Å². The minimum absolute atomic E-state index is 0.00310. The number of thioether (sulfide) groups is 5. The van der Waals surface area contributed by atoms with Crippen LogP contribution < -0.4 is 10.6 Å². The Hall–Kier alpha value is -3.75. The Kier molecular flexibility index (Phi) is 86.2. The van der Waals surface area contributed by atoms with Crippen LogP contribution in [-0.2, 0) is 95.3 Å². The number of nitrogens with zero attached hydrogens (tertiary/aromatic N) is 3. The van der Waals surface area contributed by atoms with Gasteiger partial charge in [0.1, 0.15) is 66.1 Å². The molecular weight excluding hydrogens is 1670 g/mol. The number of ether oxygens (including phenoxy) is 10. The number of unbranched alkanes of at least 4 members (excludes halogenated alkanes) is 25. The van der Waals surface area contributed by atoms with E-state index < -0.39 is 29.8 Å². The monoisotopic (exact) mass is 1840 g/mol. The van der Waals surface area contributed by atoms with Gasteiger partial charge in [0.05, 0.1) is 61.7 Å². The van der Waals surface area contributed by atoms with E-state index in [4.69, 9.17) is 47.4 Å². The molecule has 720 valence electrons. The van der Waals surface area contributed by atoms with Crippen LogP contribution in [0.1, 0.15) is 294 Å². The lowest BCUT2D eigenvalue weighted by Gasteiger charge is -2.28. The van der Waals surface area contributed by atoms with Crippen molar-refractivity contribution in [3.05, 3.63) is 0 Å². The van der Waals surface area contributed by atoms with Crippen LogP contribution in [0.15, 0.2) is 0 Å². The number of rotatable bonds is 92. The van der Waals surface area contributed by atoms with Crippen LogP contribution in [0.25, 0.3) is 0 Å². The highest BCUT2D eigenvalue weighted by molar-refractivity contribution is 8.00. The van der Waals surface area contributed by atoms with Gasteiger partial charge in [-0.05, 0) is 60.9 Å². The van der Waals surface area contributed by atoms with E-state index in [9.17, 15) is 47.9 Å². The standard InChI is InChI=1S/C93H173N5O20S5/c1-11-16-21-26-31-36-69-119-74-79(6)89(104)114-64-59-109-84(99)41-46-94-47-54-97(52-44-87(102)112-62-67-117-92(107)82(9)77-122-72-39-34-29-24-19-14-4)55-48-95-49-56-98(53-45-88(103)113-63-68-118-93(108)83(10)78-123-73-40-35-30-25-20-15-5)58-57-96(50-42-85(100)110-60-65-115-90(105)80(7)75-120-70-37-32-27-22-17-12-2)51-43-86(101)111-61-66-116-91(106)81(8)76-121-71-38-33-28-23-18-13-3/h79-83,94-95H,11-78H2,1-10H3. The summed E-state index contributed by atoms with van der Waals surface area (Å²) in [6.07, 6.45) is 36.4. The average Bonchev–Trinajstić information content (AvgIpc) is 0.910. The molecule has 5 unspecified atom stereocenters. The molecule has 0 aromatic carbocycles. The third-order valence-corrected chi connectivity index (χ3v) is 27.2. The number of hydrogen-bond acceptors (Lipinski definition) is 30. The third kappa shape index (κ3) is 79.0. The van der Waals surface area contributed by atoms with Crippen molar-refractivity contribution < 1.29 is 95.3 Å². The minimum Gasteiger partial charge on any atom is -0.462 e. The fraction of sp³-hybridized carbons (Fsp3) is 0.892. The lowest BCUT2D eigenvalue weighted by Crippen LogP contribution is -2.42. The van der Waals surface area contributed by atoms with Crippen LogP contribution in [0.3, 0.4) is 0 Å². The van der Waals surface area contributed by atoms with E-state index >= 15 is 0 Å². The van der Waals surface area contributed by atoms with Crippen molar-refractivity contribution >= 4 is 119 Å². The van der Waals surface area contributed by atoms with Gasteiger partial charge in [-0.25, -0.2) is 0 Å². The first-order valence-electron chi connectivity index (χ1n) is 47.8. The predicted octanol–water partition coefficient (Wildman–Crippen LogP) is 17.1. The molecule has 0 saturated heterocycles. The molecule has 123 heavy (non-hydrogen) atoms. The van der Waals surface area contributed by atoms with E-state index in [-0.39, 0.29) is 177 Å². The molecule has 30 heteroatoms. The second-order valence-corrected chi connectivity index (χ2v) is 38.2. The van der Waals surface area contributed by atoms with Gasteiger partial charge in [-0.15, -0.1) is 0 Å². The first kappa shape index (κ1) is 119. The fourth-order valence-electron chi connectivity index (χ4n) is 12.6. The maximum atomic E-state index is 13.5. The summed E-state index contributed by atoms with van der Waals surface area (Å²) in [5.74, 6) is 2.73. The Balaban J connectivity index is 6.37. The first-order chi connectivity index (χ1) is 59.7. The molecule has 0 bridgehead atoms. The van der Waals surface area contributed by atoms with E-state index in [1.165, 1.54) is 161 Å². The highest BCUT2D eigenvalue weighted by Crippen LogP contribution is 2.20. The number of nitrogens with one attached hydrogen (secondary N) is 2. The van der Waals surface area contributed by atoms with Crippen molar-refractivity contribution in [1.29, 1.82) is 0 Å². The third-order valence-electron chi connectivity index (χ3n) is 20.6. The lowest BCUT2D eigenvalue weighted by atomic mass is 10.1. The van der Waals surface area contributed by atoms with Crippen LogP contribution in [0.5, 0.6) is 0 Å². The normalized spacial score (nSPS) is 12.7. The molecule has 25 nitrogen and oxygen atoms in total. The Bertz CT molecular complexity index is 2540. The zero-order valence-corrected chi connectivity index (χ0v) is 82.6. The highest BCUT2D eigenvalue weighted by Gasteiger charge is 2.23. The molecule has 0 aliphatic heterocycles. The summed E-state index contributed by atoms with van der Waals surface area (Å²) >= 11 is 8.75. The number of carbonyl (C=O) groups is 10. The van der Waals surface area contributed by atoms with E-state index in [0.29, 0.717) is 94.2 Å². The molecule has 0 spiro atoms. The summed E-state index contributed by atoms with van der Waals surface area (Å²) in [6.45, 7) is 24.4. The van der Waals surface area contributed by atoms with Gasteiger partial charge in [0.25, 0.3) is 0 Å². The smallest absolute Gasteiger partial charge is 0.309 e. The number of esters is 10. The summed E-state index contributed by atoms with van der Waals surface area (Å²) in [7, 11) is 0. The zero-order valence-electron chi connectivity index (χ0n) is 78.5. The Labute approximate surface area is 766 Å². The predicted molar refractivity (Wildman–Crippen MR) is 507 cm³/mol. The number of hydrogen-bond donors (Lipinski definition) is 2. The molecule has 0 heterocycles. The topological polar surface area (TPSA) is 297 Å². The van der Waals surface area contributed by atoms with Crippen molar-refractivity contribution in [2.24, 2.45) is 29.6 Å². The van der Waals surface area contributed by atoms with Crippen molar-refractivity contribution in [3.8, 4) is 0 Å². The van der Waals surface area contributed by atoms with Crippen molar-refractivity contribution in [2.75, 3.05) is 209 Å². The van der Waals surface area contributed by atoms with Crippen LogP contribution >= 0.6 is 58.8 Å². The summed E-state index contributed by atoms with van der Waals surface area (Å²) in [4.78, 5) is 136. The Morgan fingerprint density at radius 1 is 0.220 bits per heavy atom. The number of carbonyl (C=O) groups excluding carboxylic acids is 10. The second kappa shape index (κ2) is 88.9. The quantitative estimate of drug-likeness (QED) is 0.0325. The average molecular weight is 1840 g/mol. The van der Waals surface area contributed by atoms with Crippen LogP contribution in [0.4, 0.5) is 0 Å². The molecule has 0 fully saturated rings. The highest BCUT2D eigenvalue weighted by atomic mass is 32.2. The molecule has 5 atom stereocenters. The fourth-order valence-corrected chi connectivity index (χ4v) is 17.9. The van der Waals surface area contributed by atoms with Gasteiger partial charge < -0.3 is 72.7 Å². The molecule has 0 aliphatic carbocycles. The largest absolute Gasteiger partial charge is 0.462 e. The zero-order chi connectivity index (χ0) is 90.5. The Morgan fingerprint density at radius 3 is 0.626 bits per heavy atom. The summed E-state index contributed by atoms with van der Waals surface area (Å²) in [5.41, 5.74) is 0.